The number of pyridine rings is 1. The highest BCUT2D eigenvalue weighted by atomic mass is 35.5. The van der Waals surface area contributed by atoms with Crippen LogP contribution in [0.2, 0.25) is 20.1 Å². The highest BCUT2D eigenvalue weighted by Crippen LogP contribution is 2.36. The number of anilines is 1. The van der Waals surface area contributed by atoms with Crippen molar-refractivity contribution >= 4 is 52.2 Å². The van der Waals surface area contributed by atoms with Gasteiger partial charge in [-0.3, -0.25) is 0 Å². The molecule has 100 valence electrons. The third-order valence-electron chi connectivity index (χ3n) is 2.23. The van der Waals surface area contributed by atoms with Crippen LogP contribution in [0.4, 0.5) is 5.82 Å². The first-order chi connectivity index (χ1) is 9.01. The van der Waals surface area contributed by atoms with Gasteiger partial charge < -0.3 is 10.1 Å². The van der Waals surface area contributed by atoms with E-state index >= 15 is 0 Å². The van der Waals surface area contributed by atoms with E-state index in [0.29, 0.717) is 26.6 Å². The number of hydrogen-bond acceptors (Lipinski definition) is 3. The maximum Gasteiger partial charge on any atom is 0.240 e. The standard InChI is InChI=1S/C12H8Cl4N2O/c1-17-11-8(15)5-9(16)12(18-11)19-10-3-2-6(13)4-7(10)14/h2-5H,1H3,(H,17,18). The van der Waals surface area contributed by atoms with Gasteiger partial charge in [-0.05, 0) is 24.3 Å². The Morgan fingerprint density at radius 3 is 2.37 bits per heavy atom. The molecule has 0 fully saturated rings. The van der Waals surface area contributed by atoms with Gasteiger partial charge in [0.05, 0.1) is 10.0 Å². The lowest BCUT2D eigenvalue weighted by Crippen LogP contribution is -1.97. The van der Waals surface area contributed by atoms with Crippen LogP contribution in [0.1, 0.15) is 0 Å². The first kappa shape index (κ1) is 14.5. The van der Waals surface area contributed by atoms with Crippen LogP contribution in [0, 0.1) is 0 Å². The average molecular weight is 338 g/mol. The van der Waals surface area contributed by atoms with Crippen LogP contribution in [0.3, 0.4) is 0 Å². The quantitative estimate of drug-likeness (QED) is 0.799. The lowest BCUT2D eigenvalue weighted by molar-refractivity contribution is 0.464. The number of halogens is 4. The fourth-order valence-corrected chi connectivity index (χ4v) is 2.30. The minimum atomic E-state index is 0.208. The number of nitrogens with one attached hydrogen (secondary N) is 1. The van der Waals surface area contributed by atoms with Gasteiger partial charge in [0.1, 0.15) is 16.6 Å². The van der Waals surface area contributed by atoms with E-state index in [2.05, 4.69) is 10.3 Å². The average Bonchev–Trinajstić information content (AvgIpc) is 2.35. The van der Waals surface area contributed by atoms with E-state index in [4.69, 9.17) is 51.1 Å². The summed E-state index contributed by atoms with van der Waals surface area (Å²) in [7, 11) is 1.70. The zero-order valence-electron chi connectivity index (χ0n) is 9.68. The smallest absolute Gasteiger partial charge is 0.240 e. The van der Waals surface area contributed by atoms with Gasteiger partial charge >= 0.3 is 0 Å². The molecule has 0 aliphatic rings. The van der Waals surface area contributed by atoms with E-state index in [9.17, 15) is 0 Å². The molecule has 0 saturated carbocycles. The molecule has 0 radical (unpaired) electrons. The number of aromatic nitrogens is 1. The normalized spacial score (nSPS) is 10.4. The van der Waals surface area contributed by atoms with Gasteiger partial charge in [-0.1, -0.05) is 46.4 Å². The molecule has 0 saturated heterocycles. The molecule has 19 heavy (non-hydrogen) atoms. The zero-order chi connectivity index (χ0) is 14.0. The second-order valence-corrected chi connectivity index (χ2v) is 5.19. The van der Waals surface area contributed by atoms with Crippen molar-refractivity contribution < 1.29 is 4.74 Å². The summed E-state index contributed by atoms with van der Waals surface area (Å²) in [6.45, 7) is 0. The number of nitrogens with zero attached hydrogens (tertiary/aromatic N) is 1. The number of ether oxygens (including phenoxy) is 1. The molecule has 7 heteroatoms. The Balaban J connectivity index is 2.37. The van der Waals surface area contributed by atoms with E-state index in [1.807, 2.05) is 0 Å². The van der Waals surface area contributed by atoms with E-state index in [0.717, 1.165) is 0 Å². The monoisotopic (exact) mass is 336 g/mol. The lowest BCUT2D eigenvalue weighted by Gasteiger charge is -2.11. The van der Waals surface area contributed by atoms with Crippen LogP contribution in [0.15, 0.2) is 24.3 Å². The van der Waals surface area contributed by atoms with Crippen molar-refractivity contribution in [3.05, 3.63) is 44.4 Å². The summed E-state index contributed by atoms with van der Waals surface area (Å²) >= 11 is 23.8. The maximum absolute atomic E-state index is 6.02. The van der Waals surface area contributed by atoms with Crippen molar-refractivity contribution in [1.29, 1.82) is 0 Å². The van der Waals surface area contributed by atoms with Crippen molar-refractivity contribution in [2.45, 2.75) is 0 Å². The second kappa shape index (κ2) is 6.06. The molecule has 1 aromatic carbocycles. The maximum atomic E-state index is 6.02. The van der Waals surface area contributed by atoms with Crippen LogP contribution >= 0.6 is 46.4 Å². The van der Waals surface area contributed by atoms with Gasteiger partial charge in [-0.25, -0.2) is 0 Å². The van der Waals surface area contributed by atoms with Crippen molar-refractivity contribution in [1.82, 2.24) is 4.98 Å². The van der Waals surface area contributed by atoms with Gasteiger partial charge in [0, 0.05) is 12.1 Å². The highest BCUT2D eigenvalue weighted by Gasteiger charge is 2.12. The molecule has 0 amide bonds. The molecule has 2 rings (SSSR count). The Morgan fingerprint density at radius 2 is 1.74 bits per heavy atom. The van der Waals surface area contributed by atoms with Crippen LogP contribution in [0.5, 0.6) is 11.6 Å². The van der Waals surface area contributed by atoms with Crippen LogP contribution < -0.4 is 10.1 Å². The van der Waals surface area contributed by atoms with Crippen LogP contribution in [-0.4, -0.2) is 12.0 Å². The minimum Gasteiger partial charge on any atom is -0.436 e. The van der Waals surface area contributed by atoms with Gasteiger partial charge in [0.2, 0.25) is 5.88 Å². The highest BCUT2D eigenvalue weighted by molar-refractivity contribution is 6.37. The third-order valence-corrected chi connectivity index (χ3v) is 3.32. The van der Waals surface area contributed by atoms with Crippen molar-refractivity contribution in [2.75, 3.05) is 12.4 Å². The van der Waals surface area contributed by atoms with Crippen LogP contribution in [-0.2, 0) is 0 Å². The van der Waals surface area contributed by atoms with E-state index in [1.165, 1.54) is 0 Å². The van der Waals surface area contributed by atoms with Crippen molar-refractivity contribution in [3.8, 4) is 11.6 Å². The van der Waals surface area contributed by atoms with Gasteiger partial charge in [-0.2, -0.15) is 4.98 Å². The largest absolute Gasteiger partial charge is 0.436 e. The minimum absolute atomic E-state index is 0.208. The molecular formula is C12H8Cl4N2O. The summed E-state index contributed by atoms with van der Waals surface area (Å²) in [5.74, 6) is 1.08. The summed E-state index contributed by atoms with van der Waals surface area (Å²) in [6, 6.07) is 6.41. The second-order valence-electron chi connectivity index (χ2n) is 3.53. The third kappa shape index (κ3) is 3.37. The van der Waals surface area contributed by atoms with Crippen LogP contribution in [0.25, 0.3) is 0 Å². The fraction of sp³-hybridized carbons (Fsp3) is 0.0833. The molecule has 0 bridgehead atoms. The SMILES string of the molecule is CNc1nc(Oc2ccc(Cl)cc2Cl)c(Cl)cc1Cl. The molecule has 0 aliphatic heterocycles. The Morgan fingerprint density at radius 1 is 1.00 bits per heavy atom. The first-order valence-corrected chi connectivity index (χ1v) is 6.69. The number of hydrogen-bond donors (Lipinski definition) is 1. The number of benzene rings is 1. The molecule has 0 aliphatic carbocycles. The van der Waals surface area contributed by atoms with Gasteiger partial charge in [-0.15, -0.1) is 0 Å². The molecule has 2 aromatic rings. The Bertz CT molecular complexity index is 619. The summed E-state index contributed by atoms with van der Waals surface area (Å²) in [4.78, 5) is 4.16. The summed E-state index contributed by atoms with van der Waals surface area (Å²) < 4.78 is 5.56. The van der Waals surface area contributed by atoms with Gasteiger partial charge in [0.25, 0.3) is 0 Å². The van der Waals surface area contributed by atoms with E-state index < -0.39 is 0 Å². The zero-order valence-corrected chi connectivity index (χ0v) is 12.7. The summed E-state index contributed by atoms with van der Waals surface area (Å²) in [5, 5.41) is 4.41. The molecular weight excluding hydrogens is 330 g/mol. The van der Waals surface area contributed by atoms with Crippen molar-refractivity contribution in [3.63, 3.8) is 0 Å². The molecule has 1 N–H and O–H groups in total. The lowest BCUT2D eigenvalue weighted by atomic mass is 10.3. The molecule has 0 spiro atoms. The molecule has 0 unspecified atom stereocenters. The molecule has 0 atom stereocenters. The molecule has 3 nitrogen and oxygen atoms in total. The molecule has 1 heterocycles. The Kier molecular flexibility index (Phi) is 4.63. The summed E-state index contributed by atoms with van der Waals surface area (Å²) in [6.07, 6.45) is 0. The topological polar surface area (TPSA) is 34.2 Å². The molecule has 1 aromatic heterocycles. The predicted octanol–water partition coefficient (Wildman–Crippen LogP) is 5.53. The van der Waals surface area contributed by atoms with Gasteiger partial charge in [0.15, 0.2) is 0 Å². The fourth-order valence-electron chi connectivity index (χ4n) is 1.36. The number of rotatable bonds is 3. The Hall–Kier alpha value is -0.870. The van der Waals surface area contributed by atoms with E-state index in [1.54, 1.807) is 31.3 Å². The predicted molar refractivity (Wildman–Crippen MR) is 80.3 cm³/mol. The first-order valence-electron chi connectivity index (χ1n) is 5.18. The van der Waals surface area contributed by atoms with E-state index in [-0.39, 0.29) is 10.9 Å². The van der Waals surface area contributed by atoms with Crippen molar-refractivity contribution in [2.24, 2.45) is 0 Å². The summed E-state index contributed by atoms with van der Waals surface area (Å²) in [5.41, 5.74) is 0. The Labute approximate surface area is 130 Å².